The van der Waals surface area contributed by atoms with E-state index in [0.717, 1.165) is 34.5 Å². The molecule has 28 heavy (non-hydrogen) atoms. The van der Waals surface area contributed by atoms with Crippen molar-refractivity contribution in [1.82, 2.24) is 15.1 Å². The fourth-order valence-electron chi connectivity index (χ4n) is 3.25. The quantitative estimate of drug-likeness (QED) is 0.545. The first-order valence-corrected chi connectivity index (χ1v) is 9.89. The van der Waals surface area contributed by atoms with E-state index in [9.17, 15) is 4.79 Å². The summed E-state index contributed by atoms with van der Waals surface area (Å²) in [6, 6.07) is 12.8. The smallest absolute Gasteiger partial charge is 0.246 e. The van der Waals surface area contributed by atoms with Crippen molar-refractivity contribution < 1.29 is 4.79 Å². The van der Waals surface area contributed by atoms with Gasteiger partial charge in [-0.2, -0.15) is 5.10 Å². The molecule has 0 saturated heterocycles. The van der Waals surface area contributed by atoms with Crippen LogP contribution in [0.1, 0.15) is 16.8 Å². The maximum absolute atomic E-state index is 12.7. The number of nitrogens with zero attached hydrogens (tertiary/aromatic N) is 2. The minimum Gasteiger partial charge on any atom is -0.334 e. The molecule has 3 aromatic rings. The van der Waals surface area contributed by atoms with Gasteiger partial charge in [0.2, 0.25) is 5.91 Å². The Morgan fingerprint density at radius 1 is 1.11 bits per heavy atom. The molecule has 2 heterocycles. The Kier molecular flexibility index (Phi) is 5.44. The molecule has 142 valence electrons. The third kappa shape index (κ3) is 3.95. The number of halogens is 3. The van der Waals surface area contributed by atoms with Gasteiger partial charge >= 0.3 is 0 Å². The molecule has 1 N–H and O–H groups in total. The molecule has 0 saturated carbocycles. The van der Waals surface area contributed by atoms with Gasteiger partial charge in [-0.15, -0.1) is 0 Å². The van der Waals surface area contributed by atoms with Gasteiger partial charge in [-0.05, 0) is 35.9 Å². The van der Waals surface area contributed by atoms with Crippen molar-refractivity contribution in [2.75, 3.05) is 6.54 Å². The molecule has 2 aromatic carbocycles. The Morgan fingerprint density at radius 3 is 2.75 bits per heavy atom. The number of carbonyl (C=O) groups excluding carboxylic acids is 1. The Hall–Kier alpha value is -2.27. The van der Waals surface area contributed by atoms with Gasteiger partial charge in [0, 0.05) is 47.4 Å². The van der Waals surface area contributed by atoms with E-state index >= 15 is 0 Å². The van der Waals surface area contributed by atoms with E-state index in [1.807, 2.05) is 30.3 Å². The minimum atomic E-state index is -0.0602. The summed E-state index contributed by atoms with van der Waals surface area (Å²) in [5.74, 6) is -0.0602. The molecular weight excluding hydrogens is 417 g/mol. The van der Waals surface area contributed by atoms with Crippen molar-refractivity contribution in [3.8, 4) is 11.3 Å². The lowest BCUT2D eigenvalue weighted by Gasteiger charge is -2.26. The monoisotopic (exact) mass is 431 g/mol. The molecule has 0 spiro atoms. The second kappa shape index (κ2) is 8.00. The van der Waals surface area contributed by atoms with Crippen LogP contribution < -0.4 is 0 Å². The number of fused-ring (bicyclic) bond motifs is 1. The predicted molar refractivity (Wildman–Crippen MR) is 114 cm³/mol. The highest BCUT2D eigenvalue weighted by Gasteiger charge is 2.24. The summed E-state index contributed by atoms with van der Waals surface area (Å²) in [5, 5.41) is 9.15. The second-order valence-corrected chi connectivity index (χ2v) is 7.81. The normalized spacial score (nSPS) is 13.8. The number of amides is 1. The van der Waals surface area contributed by atoms with Crippen LogP contribution >= 0.6 is 34.8 Å². The summed E-state index contributed by atoms with van der Waals surface area (Å²) < 4.78 is 0. The van der Waals surface area contributed by atoms with Gasteiger partial charge in [-0.1, -0.05) is 53.0 Å². The summed E-state index contributed by atoms with van der Waals surface area (Å²) in [7, 11) is 0. The number of carbonyl (C=O) groups is 1. The molecule has 4 rings (SSSR count). The van der Waals surface area contributed by atoms with Crippen LogP contribution in [0.2, 0.25) is 15.1 Å². The zero-order valence-electron chi connectivity index (χ0n) is 14.8. The standard InChI is InChI=1S/C21H16Cl3N3O/c22-15-3-1-2-14(11-15)21-16-12-27(9-8-19(16)25-26-21)20(28)7-5-13-4-6-17(23)18(24)10-13/h1-7,10-11H,8-9,12H2,(H,25,26)/b7-5+. The maximum Gasteiger partial charge on any atom is 0.246 e. The molecule has 0 atom stereocenters. The van der Waals surface area contributed by atoms with E-state index in [0.29, 0.717) is 28.2 Å². The lowest BCUT2D eigenvalue weighted by molar-refractivity contribution is -0.126. The summed E-state index contributed by atoms with van der Waals surface area (Å²) >= 11 is 18.1. The molecule has 7 heteroatoms. The highest BCUT2D eigenvalue weighted by atomic mass is 35.5. The molecule has 1 aliphatic rings. The molecular formula is C21H16Cl3N3O. The molecule has 0 fully saturated rings. The van der Waals surface area contributed by atoms with Gasteiger partial charge < -0.3 is 4.90 Å². The van der Waals surface area contributed by atoms with Crippen molar-refractivity contribution in [2.24, 2.45) is 0 Å². The van der Waals surface area contributed by atoms with Gasteiger partial charge in [-0.3, -0.25) is 9.89 Å². The third-order valence-electron chi connectivity index (χ3n) is 4.71. The van der Waals surface area contributed by atoms with Gasteiger partial charge in [0.25, 0.3) is 0 Å². The molecule has 0 aliphatic carbocycles. The number of H-pyrrole nitrogens is 1. The SMILES string of the molecule is O=C(/C=C/c1ccc(Cl)c(Cl)c1)N1CCc2[nH]nc(-c3cccc(Cl)c3)c2C1. The number of aromatic amines is 1. The Balaban J connectivity index is 1.53. The van der Waals surface area contributed by atoms with Crippen LogP contribution in [0, 0.1) is 0 Å². The molecule has 1 aromatic heterocycles. The third-order valence-corrected chi connectivity index (χ3v) is 5.68. The molecule has 0 unspecified atom stereocenters. The van der Waals surface area contributed by atoms with E-state index in [2.05, 4.69) is 10.2 Å². The fraction of sp³-hybridized carbons (Fsp3) is 0.143. The summed E-state index contributed by atoms with van der Waals surface area (Å²) in [6.07, 6.45) is 4.03. The van der Waals surface area contributed by atoms with Crippen LogP contribution in [0.5, 0.6) is 0 Å². The predicted octanol–water partition coefficient (Wildman–Crippen LogP) is 5.64. The number of hydrogen-bond acceptors (Lipinski definition) is 2. The Bertz CT molecular complexity index is 1070. The van der Waals surface area contributed by atoms with Crippen molar-refractivity contribution in [3.63, 3.8) is 0 Å². The average Bonchev–Trinajstić information content (AvgIpc) is 3.12. The number of aromatic nitrogens is 2. The number of nitrogens with one attached hydrogen (secondary N) is 1. The lowest BCUT2D eigenvalue weighted by atomic mass is 10.0. The highest BCUT2D eigenvalue weighted by Crippen LogP contribution is 2.30. The van der Waals surface area contributed by atoms with Gasteiger partial charge in [0.1, 0.15) is 0 Å². The molecule has 0 bridgehead atoms. The first-order chi connectivity index (χ1) is 13.5. The average molecular weight is 433 g/mol. The van der Waals surface area contributed by atoms with Crippen molar-refractivity contribution in [1.29, 1.82) is 0 Å². The zero-order chi connectivity index (χ0) is 19.7. The van der Waals surface area contributed by atoms with Crippen molar-refractivity contribution in [2.45, 2.75) is 13.0 Å². The first-order valence-electron chi connectivity index (χ1n) is 8.75. The summed E-state index contributed by atoms with van der Waals surface area (Å²) in [5.41, 5.74) is 4.69. The van der Waals surface area contributed by atoms with Crippen LogP contribution in [0.3, 0.4) is 0 Å². The van der Waals surface area contributed by atoms with E-state index in [1.165, 1.54) is 0 Å². The molecule has 0 radical (unpaired) electrons. The van der Waals surface area contributed by atoms with Crippen LogP contribution in [-0.2, 0) is 17.8 Å². The van der Waals surface area contributed by atoms with Crippen LogP contribution in [0.25, 0.3) is 17.3 Å². The maximum atomic E-state index is 12.7. The molecule has 4 nitrogen and oxygen atoms in total. The van der Waals surface area contributed by atoms with Gasteiger partial charge in [0.05, 0.1) is 15.7 Å². The van der Waals surface area contributed by atoms with E-state index in [-0.39, 0.29) is 5.91 Å². The Labute approximate surface area is 177 Å². The second-order valence-electron chi connectivity index (χ2n) is 6.56. The van der Waals surface area contributed by atoms with Crippen LogP contribution in [-0.4, -0.2) is 27.5 Å². The van der Waals surface area contributed by atoms with Gasteiger partial charge in [-0.25, -0.2) is 0 Å². The summed E-state index contributed by atoms with van der Waals surface area (Å²) in [4.78, 5) is 14.5. The molecule has 1 amide bonds. The van der Waals surface area contributed by atoms with Crippen LogP contribution in [0.4, 0.5) is 0 Å². The molecule has 1 aliphatic heterocycles. The number of hydrogen-bond donors (Lipinski definition) is 1. The fourth-order valence-corrected chi connectivity index (χ4v) is 3.74. The highest BCUT2D eigenvalue weighted by molar-refractivity contribution is 6.42. The number of benzene rings is 2. The van der Waals surface area contributed by atoms with E-state index in [1.54, 1.807) is 29.2 Å². The largest absolute Gasteiger partial charge is 0.334 e. The van der Waals surface area contributed by atoms with Crippen molar-refractivity contribution >= 4 is 46.8 Å². The topological polar surface area (TPSA) is 49.0 Å². The van der Waals surface area contributed by atoms with Crippen molar-refractivity contribution in [3.05, 3.63) is 80.4 Å². The van der Waals surface area contributed by atoms with Crippen LogP contribution in [0.15, 0.2) is 48.5 Å². The summed E-state index contributed by atoms with van der Waals surface area (Å²) in [6.45, 7) is 1.13. The minimum absolute atomic E-state index is 0.0602. The Morgan fingerprint density at radius 2 is 1.96 bits per heavy atom. The first kappa shape index (κ1) is 19.1. The zero-order valence-corrected chi connectivity index (χ0v) is 17.0. The lowest BCUT2D eigenvalue weighted by Crippen LogP contribution is -2.34. The number of rotatable bonds is 3. The van der Waals surface area contributed by atoms with E-state index < -0.39 is 0 Å². The van der Waals surface area contributed by atoms with Gasteiger partial charge in [0.15, 0.2) is 0 Å². The van der Waals surface area contributed by atoms with E-state index in [4.69, 9.17) is 34.8 Å².